The lowest BCUT2D eigenvalue weighted by atomic mass is 9.83. The van der Waals surface area contributed by atoms with E-state index in [4.69, 9.17) is 9.47 Å². The molecule has 1 fully saturated rings. The summed E-state index contributed by atoms with van der Waals surface area (Å²) in [5.74, 6) is 1.62. The summed E-state index contributed by atoms with van der Waals surface area (Å²) in [6.07, 6.45) is 5.59. The lowest BCUT2D eigenvalue weighted by molar-refractivity contribution is 0.366. The highest BCUT2D eigenvalue weighted by Crippen LogP contribution is 2.49. The summed E-state index contributed by atoms with van der Waals surface area (Å²) in [6, 6.07) is 1.96. The second-order valence-electron chi connectivity index (χ2n) is 5.37. The summed E-state index contributed by atoms with van der Waals surface area (Å²) in [7, 11) is 3.31. The number of benzene rings is 1. The molecule has 1 aromatic rings. The van der Waals surface area contributed by atoms with Gasteiger partial charge in [-0.25, -0.2) is 4.79 Å². The van der Waals surface area contributed by atoms with Crippen molar-refractivity contribution in [2.45, 2.75) is 45.1 Å². The first-order valence-electron chi connectivity index (χ1n) is 6.91. The Balaban J connectivity index is 2.76. The molecule has 0 amide bonds. The quantitative estimate of drug-likeness (QED) is 0.625. The van der Waals surface area contributed by atoms with Crippen LogP contribution >= 0.6 is 0 Å². The van der Waals surface area contributed by atoms with E-state index in [1.807, 2.05) is 19.9 Å². The largest absolute Gasteiger partial charge is 0.496 e. The molecule has 0 aromatic heterocycles. The second kappa shape index (κ2) is 5.68. The van der Waals surface area contributed by atoms with Gasteiger partial charge in [-0.3, -0.25) is 0 Å². The normalized spacial score (nSPS) is 16.6. The highest BCUT2D eigenvalue weighted by Gasteiger charge is 2.40. The molecule has 0 radical (unpaired) electrons. The molecule has 20 heavy (non-hydrogen) atoms. The Morgan fingerprint density at radius 3 is 2.35 bits per heavy atom. The summed E-state index contributed by atoms with van der Waals surface area (Å²) in [5.41, 5.74) is 2.47. The third-order valence-corrected chi connectivity index (χ3v) is 4.26. The van der Waals surface area contributed by atoms with Gasteiger partial charge < -0.3 is 9.47 Å². The lowest BCUT2D eigenvalue weighted by Crippen LogP contribution is -2.22. The van der Waals surface area contributed by atoms with Crippen molar-refractivity contribution in [2.75, 3.05) is 14.2 Å². The minimum Gasteiger partial charge on any atom is -0.496 e. The molecule has 4 nitrogen and oxygen atoms in total. The molecule has 0 aliphatic heterocycles. The number of methoxy groups -OCH3 is 2. The maximum Gasteiger partial charge on any atom is 0.235 e. The third kappa shape index (κ3) is 2.20. The molecule has 0 unspecified atom stereocenters. The van der Waals surface area contributed by atoms with Gasteiger partial charge in [0.15, 0.2) is 0 Å². The summed E-state index contributed by atoms with van der Waals surface area (Å²) in [5, 5.41) is 0. The smallest absolute Gasteiger partial charge is 0.235 e. The molecular formula is C16H21NO3. The van der Waals surface area contributed by atoms with Crippen molar-refractivity contribution in [1.29, 1.82) is 0 Å². The number of hydrogen-bond donors (Lipinski definition) is 0. The van der Waals surface area contributed by atoms with Gasteiger partial charge in [-0.05, 0) is 38.3 Å². The minimum atomic E-state index is -0.503. The van der Waals surface area contributed by atoms with E-state index in [9.17, 15) is 4.79 Å². The maximum atomic E-state index is 10.9. The van der Waals surface area contributed by atoms with Crippen molar-refractivity contribution in [1.82, 2.24) is 0 Å². The van der Waals surface area contributed by atoms with E-state index >= 15 is 0 Å². The monoisotopic (exact) mass is 275 g/mol. The number of carbonyl (C=O) groups excluding carboxylic acids is 1. The van der Waals surface area contributed by atoms with Crippen LogP contribution in [0.5, 0.6) is 11.5 Å². The van der Waals surface area contributed by atoms with Crippen LogP contribution in [0.4, 0.5) is 0 Å². The van der Waals surface area contributed by atoms with Gasteiger partial charge in [0.2, 0.25) is 6.08 Å². The van der Waals surface area contributed by atoms with Gasteiger partial charge in [0, 0.05) is 11.1 Å². The highest BCUT2D eigenvalue weighted by atomic mass is 16.5. The first-order valence-corrected chi connectivity index (χ1v) is 6.91. The molecule has 1 aliphatic rings. The number of nitrogens with zero attached hydrogens (tertiary/aromatic N) is 1. The van der Waals surface area contributed by atoms with E-state index in [2.05, 4.69) is 4.99 Å². The van der Waals surface area contributed by atoms with Crippen molar-refractivity contribution >= 4 is 6.08 Å². The number of ether oxygens (including phenoxy) is 2. The van der Waals surface area contributed by atoms with Crippen molar-refractivity contribution in [3.8, 4) is 11.5 Å². The Kier molecular flexibility index (Phi) is 4.15. The van der Waals surface area contributed by atoms with Gasteiger partial charge in [-0.1, -0.05) is 12.8 Å². The van der Waals surface area contributed by atoms with Gasteiger partial charge in [-0.15, -0.1) is 0 Å². The second-order valence-corrected chi connectivity index (χ2v) is 5.37. The fourth-order valence-corrected chi connectivity index (χ4v) is 3.36. The number of hydrogen-bond acceptors (Lipinski definition) is 4. The Hall–Kier alpha value is -1.80. The molecule has 0 heterocycles. The molecule has 0 atom stereocenters. The van der Waals surface area contributed by atoms with Crippen LogP contribution in [-0.4, -0.2) is 20.3 Å². The topological polar surface area (TPSA) is 47.9 Å². The van der Waals surface area contributed by atoms with Crippen LogP contribution in [0.15, 0.2) is 11.1 Å². The fourth-order valence-electron chi connectivity index (χ4n) is 3.36. The molecule has 108 valence electrons. The van der Waals surface area contributed by atoms with E-state index in [-0.39, 0.29) is 0 Å². The molecule has 0 N–H and O–H groups in total. The van der Waals surface area contributed by atoms with Crippen LogP contribution in [0.2, 0.25) is 0 Å². The van der Waals surface area contributed by atoms with Crippen LogP contribution < -0.4 is 9.47 Å². The lowest BCUT2D eigenvalue weighted by Gasteiger charge is -2.29. The Labute approximate surface area is 119 Å². The van der Waals surface area contributed by atoms with E-state index in [0.717, 1.165) is 53.9 Å². The average molecular weight is 275 g/mol. The van der Waals surface area contributed by atoms with Crippen LogP contribution in [0.3, 0.4) is 0 Å². The van der Waals surface area contributed by atoms with E-state index in [1.165, 1.54) is 0 Å². The Bertz CT molecular complexity index is 553. The SMILES string of the molecule is COc1cc(C)c(OC)c(C2(N=C=O)CCCC2)c1C. The van der Waals surface area contributed by atoms with Gasteiger partial charge in [0.25, 0.3) is 0 Å². The summed E-state index contributed by atoms with van der Waals surface area (Å²) in [4.78, 5) is 15.1. The summed E-state index contributed by atoms with van der Waals surface area (Å²) in [6.45, 7) is 3.98. The molecule has 1 saturated carbocycles. The summed E-state index contributed by atoms with van der Waals surface area (Å²) < 4.78 is 11.0. The van der Waals surface area contributed by atoms with Gasteiger partial charge >= 0.3 is 0 Å². The number of aliphatic imine (C=N–C) groups is 1. The van der Waals surface area contributed by atoms with Crippen LogP contribution in [-0.2, 0) is 10.3 Å². The van der Waals surface area contributed by atoms with Gasteiger partial charge in [0.05, 0.1) is 14.2 Å². The van der Waals surface area contributed by atoms with Crippen molar-refractivity contribution in [3.05, 3.63) is 22.8 Å². The third-order valence-electron chi connectivity index (χ3n) is 4.26. The van der Waals surface area contributed by atoms with E-state index < -0.39 is 5.54 Å². The van der Waals surface area contributed by atoms with Crippen LogP contribution in [0, 0.1) is 13.8 Å². The predicted molar refractivity (Wildman–Crippen MR) is 77.3 cm³/mol. The summed E-state index contributed by atoms with van der Waals surface area (Å²) >= 11 is 0. The minimum absolute atomic E-state index is 0.503. The molecular weight excluding hydrogens is 254 g/mol. The molecule has 1 aromatic carbocycles. The zero-order chi connectivity index (χ0) is 14.8. The zero-order valence-corrected chi connectivity index (χ0v) is 12.6. The predicted octanol–water partition coefficient (Wildman–Crippen LogP) is 3.43. The number of aryl methyl sites for hydroxylation is 1. The van der Waals surface area contributed by atoms with Crippen LogP contribution in [0.1, 0.15) is 42.4 Å². The van der Waals surface area contributed by atoms with Crippen molar-refractivity contribution in [3.63, 3.8) is 0 Å². The van der Waals surface area contributed by atoms with E-state index in [0.29, 0.717) is 0 Å². The van der Waals surface area contributed by atoms with Gasteiger partial charge in [0.1, 0.15) is 17.0 Å². The standard InChI is InChI=1S/C16H21NO3/c1-11-9-13(19-3)12(2)14(15(11)20-4)16(17-10-18)7-5-6-8-16/h9H,5-8H2,1-4H3. The molecule has 0 saturated heterocycles. The van der Waals surface area contributed by atoms with E-state index in [1.54, 1.807) is 20.3 Å². The molecule has 0 spiro atoms. The molecule has 0 bridgehead atoms. The van der Waals surface area contributed by atoms with Crippen LogP contribution in [0.25, 0.3) is 0 Å². The highest BCUT2D eigenvalue weighted by molar-refractivity contribution is 5.57. The maximum absolute atomic E-state index is 10.9. The van der Waals surface area contributed by atoms with Crippen molar-refractivity contribution in [2.24, 2.45) is 4.99 Å². The average Bonchev–Trinajstić information content (AvgIpc) is 2.90. The number of rotatable bonds is 4. The first kappa shape index (κ1) is 14.6. The molecule has 4 heteroatoms. The molecule has 2 rings (SSSR count). The number of isocyanates is 1. The van der Waals surface area contributed by atoms with Gasteiger partial charge in [-0.2, -0.15) is 4.99 Å². The Morgan fingerprint density at radius 1 is 1.20 bits per heavy atom. The van der Waals surface area contributed by atoms with Crippen molar-refractivity contribution < 1.29 is 14.3 Å². The first-order chi connectivity index (χ1) is 9.59. The molecule has 1 aliphatic carbocycles. The fraction of sp³-hybridized carbons (Fsp3) is 0.562. The Morgan fingerprint density at radius 2 is 1.85 bits per heavy atom. The zero-order valence-electron chi connectivity index (χ0n) is 12.6.